The van der Waals surface area contributed by atoms with E-state index in [0.29, 0.717) is 31.2 Å². The Bertz CT molecular complexity index is 935. The quantitative estimate of drug-likeness (QED) is 0.708. The van der Waals surface area contributed by atoms with Crippen molar-refractivity contribution >= 4 is 20.8 Å². The zero-order chi connectivity index (χ0) is 18.9. The highest BCUT2D eigenvalue weighted by atomic mass is 32.2. The first-order valence-electron chi connectivity index (χ1n) is 8.71. The number of carbonyl (C=O) groups excluding carboxylic acids is 1. The van der Waals surface area contributed by atoms with Gasteiger partial charge in [-0.25, -0.2) is 8.42 Å². The van der Waals surface area contributed by atoms with Crippen molar-refractivity contribution in [1.29, 1.82) is 0 Å². The maximum Gasteiger partial charge on any atom is 0.348 e. The molecule has 0 aliphatic carbocycles. The van der Waals surface area contributed by atoms with E-state index in [4.69, 9.17) is 4.74 Å². The van der Waals surface area contributed by atoms with E-state index in [1.165, 1.54) is 11.0 Å². The first kappa shape index (κ1) is 18.5. The fourth-order valence-electron chi connectivity index (χ4n) is 3.10. The summed E-state index contributed by atoms with van der Waals surface area (Å²) < 4.78 is 30.3. The van der Waals surface area contributed by atoms with Crippen LogP contribution in [-0.2, 0) is 9.84 Å². The molecule has 1 aliphatic heterocycles. The van der Waals surface area contributed by atoms with Gasteiger partial charge in [0.25, 0.3) is 9.84 Å². The molecule has 5 nitrogen and oxygen atoms in total. The second kappa shape index (κ2) is 7.11. The highest BCUT2D eigenvalue weighted by Crippen LogP contribution is 2.35. The largest absolute Gasteiger partial charge is 0.493 e. The predicted molar refractivity (Wildman–Crippen MR) is 102 cm³/mol. The third kappa shape index (κ3) is 3.33. The van der Waals surface area contributed by atoms with Gasteiger partial charge in [-0.05, 0) is 48.6 Å². The summed E-state index contributed by atoms with van der Waals surface area (Å²) in [5.41, 5.74) is 2.72. The Hall–Kier alpha value is -2.34. The van der Waals surface area contributed by atoms with Crippen LogP contribution in [0.2, 0.25) is 0 Å². The minimum Gasteiger partial charge on any atom is -0.493 e. The minimum atomic E-state index is -3.90. The summed E-state index contributed by atoms with van der Waals surface area (Å²) in [6, 6.07) is 12.6. The van der Waals surface area contributed by atoms with Crippen LogP contribution >= 0.6 is 0 Å². The molecule has 1 heterocycles. The zero-order valence-corrected chi connectivity index (χ0v) is 16.0. The number of nitrogens with zero attached hydrogens (tertiary/aromatic N) is 1. The van der Waals surface area contributed by atoms with Gasteiger partial charge in [0, 0.05) is 6.54 Å². The van der Waals surface area contributed by atoms with Crippen LogP contribution in [0.5, 0.6) is 5.75 Å². The lowest BCUT2D eigenvalue weighted by Crippen LogP contribution is -2.30. The van der Waals surface area contributed by atoms with E-state index in [2.05, 4.69) is 26.0 Å². The lowest BCUT2D eigenvalue weighted by molar-refractivity contribution is 0.262. The Balaban J connectivity index is 1.67. The molecule has 26 heavy (non-hydrogen) atoms. The topological polar surface area (TPSA) is 63.7 Å². The van der Waals surface area contributed by atoms with Crippen LogP contribution in [0.3, 0.4) is 0 Å². The fraction of sp³-hybridized carbons (Fsp3) is 0.350. The van der Waals surface area contributed by atoms with Gasteiger partial charge in [0.1, 0.15) is 10.6 Å². The number of anilines is 1. The number of benzene rings is 2. The molecule has 0 N–H and O–H groups in total. The minimum absolute atomic E-state index is 0.0895. The summed E-state index contributed by atoms with van der Waals surface area (Å²) in [6.07, 6.45) is 0.543. The molecule has 2 aromatic carbocycles. The van der Waals surface area contributed by atoms with Crippen LogP contribution in [0, 0.1) is 6.92 Å². The van der Waals surface area contributed by atoms with E-state index in [1.54, 1.807) is 18.2 Å². The number of aryl methyl sites for hydroxylation is 1. The maximum absolute atomic E-state index is 12.2. The van der Waals surface area contributed by atoms with Crippen LogP contribution < -0.4 is 9.64 Å². The molecule has 0 bridgehead atoms. The predicted octanol–water partition coefficient (Wildman–Crippen LogP) is 4.30. The van der Waals surface area contributed by atoms with Gasteiger partial charge in [-0.3, -0.25) is 9.69 Å². The highest BCUT2D eigenvalue weighted by molar-refractivity contribution is 8.07. The number of para-hydroxylation sites is 1. The van der Waals surface area contributed by atoms with Gasteiger partial charge in [0.15, 0.2) is 0 Å². The van der Waals surface area contributed by atoms with Crippen molar-refractivity contribution in [2.75, 3.05) is 18.1 Å². The van der Waals surface area contributed by atoms with Crippen molar-refractivity contribution < 1.29 is 17.9 Å². The van der Waals surface area contributed by atoms with Gasteiger partial charge < -0.3 is 4.74 Å². The van der Waals surface area contributed by atoms with E-state index in [1.807, 2.05) is 13.0 Å². The number of amides is 1. The van der Waals surface area contributed by atoms with Gasteiger partial charge in [-0.2, -0.15) is 0 Å². The summed E-state index contributed by atoms with van der Waals surface area (Å²) in [4.78, 5) is 13.6. The lowest BCUT2D eigenvalue weighted by Gasteiger charge is -2.17. The van der Waals surface area contributed by atoms with Crippen molar-refractivity contribution in [2.24, 2.45) is 0 Å². The van der Waals surface area contributed by atoms with Gasteiger partial charge >= 0.3 is 5.24 Å². The van der Waals surface area contributed by atoms with E-state index in [-0.39, 0.29) is 4.90 Å². The maximum atomic E-state index is 12.2. The molecular weight excluding hydrogens is 350 g/mol. The molecule has 0 spiro atoms. The number of rotatable bonds is 6. The lowest BCUT2D eigenvalue weighted by atomic mass is 10.0. The van der Waals surface area contributed by atoms with Gasteiger partial charge in [0.2, 0.25) is 0 Å². The number of carbonyl (C=O) groups is 1. The van der Waals surface area contributed by atoms with Crippen molar-refractivity contribution in [2.45, 2.75) is 38.0 Å². The second-order valence-corrected chi connectivity index (χ2v) is 8.58. The summed E-state index contributed by atoms with van der Waals surface area (Å²) >= 11 is 0. The molecule has 1 aliphatic rings. The van der Waals surface area contributed by atoms with Crippen LogP contribution in [0.4, 0.5) is 10.5 Å². The third-order valence-corrected chi connectivity index (χ3v) is 6.07. The first-order valence-corrected chi connectivity index (χ1v) is 10.2. The molecule has 0 saturated carbocycles. The number of hydrogen-bond donors (Lipinski definition) is 0. The molecule has 6 heteroatoms. The first-order chi connectivity index (χ1) is 12.3. The van der Waals surface area contributed by atoms with Crippen molar-refractivity contribution in [3.05, 3.63) is 53.6 Å². The number of fused-ring (bicyclic) bond motifs is 1. The molecule has 138 valence electrons. The van der Waals surface area contributed by atoms with Gasteiger partial charge in [-0.1, -0.05) is 38.1 Å². The van der Waals surface area contributed by atoms with Gasteiger partial charge in [-0.15, -0.1) is 0 Å². The molecule has 0 unspecified atom stereocenters. The average Bonchev–Trinajstić information content (AvgIpc) is 2.79. The monoisotopic (exact) mass is 373 g/mol. The normalized spacial score (nSPS) is 15.4. The standard InChI is InChI=1S/C20H23NO4S/c1-14(2)16-10-9-15(3)13-18(16)25-12-6-11-21-17-7-4-5-8-19(17)26(23,24)20(21)22/h4-5,7-10,13-14H,6,11-12H2,1-3H3. The molecule has 0 fully saturated rings. The fourth-order valence-corrected chi connectivity index (χ4v) is 4.48. The van der Waals surface area contributed by atoms with Crippen LogP contribution in [-0.4, -0.2) is 26.8 Å². The highest BCUT2D eigenvalue weighted by Gasteiger charge is 2.41. The zero-order valence-electron chi connectivity index (χ0n) is 15.2. The Morgan fingerprint density at radius 2 is 1.85 bits per heavy atom. The van der Waals surface area contributed by atoms with E-state index in [0.717, 1.165) is 16.9 Å². The van der Waals surface area contributed by atoms with Gasteiger partial charge in [0.05, 0.1) is 12.3 Å². The summed E-state index contributed by atoms with van der Waals surface area (Å²) in [6.45, 7) is 6.96. The molecule has 2 aromatic rings. The SMILES string of the molecule is Cc1ccc(C(C)C)c(OCCCN2C(=O)S(=O)(=O)c3ccccc32)c1. The second-order valence-electron chi connectivity index (χ2n) is 6.79. The average molecular weight is 373 g/mol. The molecule has 1 amide bonds. The Kier molecular flexibility index (Phi) is 5.05. The van der Waals surface area contributed by atoms with Crippen LogP contribution in [0.15, 0.2) is 47.4 Å². The van der Waals surface area contributed by atoms with Crippen molar-refractivity contribution in [3.63, 3.8) is 0 Å². The molecule has 0 saturated heterocycles. The van der Waals surface area contributed by atoms with Crippen molar-refractivity contribution in [3.8, 4) is 5.75 Å². The number of hydrogen-bond acceptors (Lipinski definition) is 4. The molecule has 0 radical (unpaired) electrons. The van der Waals surface area contributed by atoms with E-state index < -0.39 is 15.1 Å². The Morgan fingerprint density at radius 3 is 2.58 bits per heavy atom. The smallest absolute Gasteiger partial charge is 0.348 e. The third-order valence-electron chi connectivity index (χ3n) is 4.47. The number of ether oxygens (including phenoxy) is 1. The number of sulfone groups is 1. The molecule has 0 atom stereocenters. The van der Waals surface area contributed by atoms with Crippen molar-refractivity contribution in [1.82, 2.24) is 0 Å². The molecule has 3 rings (SSSR count). The van der Waals surface area contributed by atoms with Crippen LogP contribution in [0.1, 0.15) is 37.3 Å². The molecule has 0 aromatic heterocycles. The Morgan fingerprint density at radius 1 is 1.12 bits per heavy atom. The Labute approximate surface area is 154 Å². The van der Waals surface area contributed by atoms with E-state index >= 15 is 0 Å². The van der Waals surface area contributed by atoms with E-state index in [9.17, 15) is 13.2 Å². The molecular formula is C20H23NO4S. The van der Waals surface area contributed by atoms with Crippen LogP contribution in [0.25, 0.3) is 0 Å². The summed E-state index contributed by atoms with van der Waals surface area (Å²) in [5.74, 6) is 1.20. The summed E-state index contributed by atoms with van der Waals surface area (Å²) in [5, 5.41) is -0.850. The summed E-state index contributed by atoms with van der Waals surface area (Å²) in [7, 11) is -3.90.